The van der Waals surface area contributed by atoms with Gasteiger partial charge in [-0.2, -0.15) is 0 Å². The van der Waals surface area contributed by atoms with Crippen molar-refractivity contribution in [3.05, 3.63) is 237 Å². The van der Waals surface area contributed by atoms with Crippen LogP contribution in [-0.4, -0.2) is 15.0 Å². The first kappa shape index (κ1) is 38.5. The molecule has 0 bridgehead atoms. The molecule has 0 fully saturated rings. The summed E-state index contributed by atoms with van der Waals surface area (Å²) in [5.41, 5.74) is 13.7. The second-order valence-corrected chi connectivity index (χ2v) is 17.1. The average molecular weight is 854 g/mol. The average Bonchev–Trinajstić information content (AvgIpc) is 3.79. The molecule has 0 atom stereocenters. The van der Waals surface area contributed by atoms with Crippen LogP contribution in [0.3, 0.4) is 0 Å². The van der Waals surface area contributed by atoms with Crippen LogP contribution in [0.25, 0.3) is 133 Å². The van der Waals surface area contributed by atoms with Crippen molar-refractivity contribution in [1.29, 1.82) is 0 Å². The fraction of sp³-hybridized carbons (Fsp3) is 0. The highest BCUT2D eigenvalue weighted by Gasteiger charge is 2.21. The van der Waals surface area contributed by atoms with E-state index in [0.717, 1.165) is 82.6 Å². The predicted molar refractivity (Wildman–Crippen MR) is 278 cm³/mol. The van der Waals surface area contributed by atoms with Crippen molar-refractivity contribution in [1.82, 2.24) is 15.0 Å². The minimum absolute atomic E-state index is 0.614. The quantitative estimate of drug-likeness (QED) is 0.150. The Morgan fingerprint density at radius 3 is 1.46 bits per heavy atom. The monoisotopic (exact) mass is 853 g/mol. The zero-order chi connectivity index (χ0) is 44.3. The molecule has 13 aromatic rings. The molecule has 312 valence electrons. The second kappa shape index (κ2) is 15.9. The van der Waals surface area contributed by atoms with Gasteiger partial charge < -0.3 is 4.42 Å². The molecule has 0 aliphatic carbocycles. The van der Waals surface area contributed by atoms with Crippen molar-refractivity contribution in [2.75, 3.05) is 0 Å². The van der Waals surface area contributed by atoms with Crippen LogP contribution in [0, 0.1) is 0 Å². The van der Waals surface area contributed by atoms with Crippen LogP contribution < -0.4 is 0 Å². The van der Waals surface area contributed by atoms with Crippen molar-refractivity contribution in [3.8, 4) is 78.7 Å². The lowest BCUT2D eigenvalue weighted by Crippen LogP contribution is -2.00. The van der Waals surface area contributed by atoms with E-state index in [1.54, 1.807) is 0 Å². The van der Waals surface area contributed by atoms with Gasteiger partial charge in [0.2, 0.25) is 0 Å². The van der Waals surface area contributed by atoms with Crippen molar-refractivity contribution in [2.24, 2.45) is 0 Å². The lowest BCUT2D eigenvalue weighted by atomic mass is 9.84. The molecule has 11 aromatic carbocycles. The third-order valence-electron chi connectivity index (χ3n) is 13.1. The largest absolute Gasteiger partial charge is 0.455 e. The van der Waals surface area contributed by atoms with Gasteiger partial charge in [-0.15, -0.1) is 0 Å². The molecule has 0 amide bonds. The Morgan fingerprint density at radius 1 is 0.254 bits per heavy atom. The predicted octanol–water partition coefficient (Wildman–Crippen LogP) is 16.9. The molecular formula is C63H39N3O. The molecule has 0 aliphatic rings. The third kappa shape index (κ3) is 6.65. The zero-order valence-electron chi connectivity index (χ0n) is 36.3. The van der Waals surface area contributed by atoms with E-state index < -0.39 is 0 Å². The second-order valence-electron chi connectivity index (χ2n) is 17.1. The van der Waals surface area contributed by atoms with Crippen LogP contribution >= 0.6 is 0 Å². The molecule has 0 saturated carbocycles. The van der Waals surface area contributed by atoms with Gasteiger partial charge in [-0.3, -0.25) is 0 Å². The van der Waals surface area contributed by atoms with Gasteiger partial charge in [0, 0.05) is 33.0 Å². The number of fused-ring (bicyclic) bond motifs is 6. The summed E-state index contributed by atoms with van der Waals surface area (Å²) in [7, 11) is 0. The number of hydrogen-bond donors (Lipinski definition) is 0. The van der Waals surface area contributed by atoms with Gasteiger partial charge in [0.1, 0.15) is 11.2 Å². The summed E-state index contributed by atoms with van der Waals surface area (Å²) in [6, 6.07) is 83.8. The maximum atomic E-state index is 6.63. The van der Waals surface area contributed by atoms with Gasteiger partial charge in [0.05, 0.1) is 0 Å². The summed E-state index contributed by atoms with van der Waals surface area (Å²) < 4.78 is 6.63. The Balaban J connectivity index is 1.04. The molecule has 67 heavy (non-hydrogen) atoms. The summed E-state index contributed by atoms with van der Waals surface area (Å²) in [6.07, 6.45) is 0. The number of para-hydroxylation sites is 2. The van der Waals surface area contributed by atoms with Crippen molar-refractivity contribution in [3.63, 3.8) is 0 Å². The van der Waals surface area contributed by atoms with Crippen LogP contribution in [0.4, 0.5) is 0 Å². The Labute approximate surface area is 387 Å². The van der Waals surface area contributed by atoms with E-state index in [2.05, 4.69) is 164 Å². The van der Waals surface area contributed by atoms with E-state index in [-0.39, 0.29) is 0 Å². The van der Waals surface area contributed by atoms with Crippen LogP contribution in [0.2, 0.25) is 0 Å². The summed E-state index contributed by atoms with van der Waals surface area (Å²) in [4.78, 5) is 15.2. The van der Waals surface area contributed by atoms with Gasteiger partial charge in [-0.25, -0.2) is 15.0 Å². The maximum absolute atomic E-state index is 6.63. The molecule has 13 rings (SSSR count). The van der Waals surface area contributed by atoms with E-state index in [1.807, 2.05) is 72.8 Å². The fourth-order valence-electron chi connectivity index (χ4n) is 9.99. The number of rotatable bonds is 7. The number of aromatic nitrogens is 3. The zero-order valence-corrected chi connectivity index (χ0v) is 36.3. The minimum Gasteiger partial charge on any atom is -0.455 e. The van der Waals surface area contributed by atoms with Gasteiger partial charge in [0.25, 0.3) is 0 Å². The van der Waals surface area contributed by atoms with E-state index in [4.69, 9.17) is 19.4 Å². The topological polar surface area (TPSA) is 51.8 Å². The summed E-state index contributed by atoms with van der Waals surface area (Å²) >= 11 is 0. The normalized spacial score (nSPS) is 11.6. The van der Waals surface area contributed by atoms with Gasteiger partial charge in [-0.05, 0) is 89.5 Å². The third-order valence-corrected chi connectivity index (χ3v) is 13.1. The highest BCUT2D eigenvalue weighted by Crippen LogP contribution is 2.47. The molecule has 0 unspecified atom stereocenters. The Morgan fingerprint density at radius 2 is 0.731 bits per heavy atom. The Kier molecular flexibility index (Phi) is 9.14. The lowest BCUT2D eigenvalue weighted by molar-refractivity contribution is 0.670. The van der Waals surface area contributed by atoms with Crippen LogP contribution in [0.5, 0.6) is 0 Å². The van der Waals surface area contributed by atoms with Crippen LogP contribution in [0.15, 0.2) is 241 Å². The summed E-state index contributed by atoms with van der Waals surface area (Å²) in [6.45, 7) is 0. The van der Waals surface area contributed by atoms with Gasteiger partial charge in [-0.1, -0.05) is 218 Å². The first-order chi connectivity index (χ1) is 33.2. The smallest absolute Gasteiger partial charge is 0.164 e. The van der Waals surface area contributed by atoms with E-state index in [9.17, 15) is 0 Å². The van der Waals surface area contributed by atoms with Gasteiger partial charge >= 0.3 is 0 Å². The molecule has 0 aliphatic heterocycles. The van der Waals surface area contributed by atoms with Crippen LogP contribution in [-0.2, 0) is 0 Å². The minimum atomic E-state index is 0.614. The maximum Gasteiger partial charge on any atom is 0.164 e. The molecular weight excluding hydrogens is 815 g/mol. The van der Waals surface area contributed by atoms with Crippen molar-refractivity contribution in [2.45, 2.75) is 0 Å². The molecule has 0 spiro atoms. The molecule has 4 heteroatoms. The molecule has 2 aromatic heterocycles. The van der Waals surface area contributed by atoms with E-state index in [1.165, 1.54) is 32.8 Å². The molecule has 0 radical (unpaired) electrons. The number of nitrogens with zero attached hydrogens (tertiary/aromatic N) is 3. The summed E-state index contributed by atoms with van der Waals surface area (Å²) in [5, 5.41) is 9.34. The first-order valence-electron chi connectivity index (χ1n) is 22.7. The van der Waals surface area contributed by atoms with Crippen LogP contribution in [0.1, 0.15) is 0 Å². The molecule has 4 nitrogen and oxygen atoms in total. The first-order valence-corrected chi connectivity index (χ1v) is 22.7. The highest BCUT2D eigenvalue weighted by atomic mass is 16.3. The lowest BCUT2D eigenvalue weighted by Gasteiger charge is -2.19. The Bertz CT molecular complexity index is 3960. The number of hydrogen-bond acceptors (Lipinski definition) is 4. The molecule has 0 N–H and O–H groups in total. The van der Waals surface area contributed by atoms with Gasteiger partial charge in [0.15, 0.2) is 17.5 Å². The number of benzene rings is 11. The Hall–Kier alpha value is -8.99. The number of furan rings is 1. The molecule has 2 heterocycles. The molecule has 0 saturated heterocycles. The highest BCUT2D eigenvalue weighted by molar-refractivity contribution is 6.22. The van der Waals surface area contributed by atoms with Crippen molar-refractivity contribution < 1.29 is 4.42 Å². The SMILES string of the molecule is c1ccc(-c2nc(-c3ccccc3)nc(-c3cccc(-c4c5ccccc5c(-c5ccc(-c6cccc7ccccc67)cc5)c5ccc(-c6cccc7c6oc6ccccc67)cc45)c3)n2)cc1. The summed E-state index contributed by atoms with van der Waals surface area (Å²) in [5.74, 6) is 1.88. The fourth-order valence-corrected chi connectivity index (χ4v) is 9.99. The standard InChI is InChI=1S/C63H39N3O/c1-3-17-43(18-4-1)61-64-62(44-19-5-2-6-20-44)66-63(65-61)47-23-13-22-46(38-47)59-53-27-10-9-26-52(53)58(42-34-32-41(33-35-42)49-28-14-21-40-16-7-8-24-48(40)49)54-37-36-45(39-56(54)59)50-29-15-30-55-51-25-11-12-31-57(51)67-60(50)55/h1-39H. The van der Waals surface area contributed by atoms with E-state index in [0.29, 0.717) is 17.5 Å². The van der Waals surface area contributed by atoms with E-state index >= 15 is 0 Å². The van der Waals surface area contributed by atoms with Crippen molar-refractivity contribution >= 4 is 54.3 Å².